The van der Waals surface area contributed by atoms with Crippen LogP contribution < -0.4 is 15.5 Å². The number of amides is 2. The summed E-state index contributed by atoms with van der Waals surface area (Å²) in [5.41, 5.74) is 1.49. The molecule has 0 aliphatic heterocycles. The summed E-state index contributed by atoms with van der Waals surface area (Å²) in [5, 5.41) is 6.21. The van der Waals surface area contributed by atoms with Gasteiger partial charge in [0.1, 0.15) is 6.04 Å². The van der Waals surface area contributed by atoms with Crippen molar-refractivity contribution >= 4 is 34.8 Å². The lowest BCUT2D eigenvalue weighted by Crippen LogP contribution is -2.47. The van der Waals surface area contributed by atoms with Crippen LogP contribution in [0.25, 0.3) is 0 Å². The predicted octanol–water partition coefficient (Wildman–Crippen LogP) is 3.53. The van der Waals surface area contributed by atoms with Gasteiger partial charge in [-0.05, 0) is 30.0 Å². The van der Waals surface area contributed by atoms with Gasteiger partial charge in [0.25, 0.3) is 0 Å². The van der Waals surface area contributed by atoms with Gasteiger partial charge in [0.2, 0.25) is 11.8 Å². The van der Waals surface area contributed by atoms with Gasteiger partial charge in [0, 0.05) is 26.2 Å². The number of halogens is 1. The Hall–Kier alpha value is -1.75. The van der Waals surface area contributed by atoms with E-state index in [-0.39, 0.29) is 23.7 Å². The molecule has 5 nitrogen and oxygen atoms in total. The zero-order chi connectivity index (χ0) is 18.4. The van der Waals surface area contributed by atoms with Crippen LogP contribution in [0.4, 0.5) is 11.4 Å². The summed E-state index contributed by atoms with van der Waals surface area (Å²) in [6.45, 7) is 7.75. The van der Waals surface area contributed by atoms with Gasteiger partial charge in [0.15, 0.2) is 0 Å². The molecule has 0 heterocycles. The lowest BCUT2D eigenvalue weighted by atomic mass is 10.0. The monoisotopic (exact) mass is 353 g/mol. The molecule has 0 saturated heterocycles. The first-order chi connectivity index (χ1) is 11.1. The van der Waals surface area contributed by atoms with Crippen LogP contribution in [-0.4, -0.2) is 32.0 Å². The standard InChI is InChI=1S/C18H28ClN3O2/c1-11(2)9-16(23)21-17(12(3)4)18(24)20-13-7-8-15(22(5)6)14(19)10-13/h7-8,10-12,17H,9H2,1-6H3,(H,20,24)(H,21,23). The molecule has 0 spiro atoms. The van der Waals surface area contributed by atoms with Crippen LogP contribution in [0.5, 0.6) is 0 Å². The van der Waals surface area contributed by atoms with Gasteiger partial charge in [-0.2, -0.15) is 0 Å². The second-order valence-electron chi connectivity index (χ2n) is 6.94. The van der Waals surface area contributed by atoms with Crippen molar-refractivity contribution in [1.82, 2.24) is 5.32 Å². The molecule has 1 atom stereocenters. The zero-order valence-electron chi connectivity index (χ0n) is 15.3. The fourth-order valence-electron chi connectivity index (χ4n) is 2.31. The Kier molecular flexibility index (Phi) is 7.55. The largest absolute Gasteiger partial charge is 0.376 e. The lowest BCUT2D eigenvalue weighted by molar-refractivity contribution is -0.127. The maximum atomic E-state index is 12.5. The molecule has 0 aliphatic rings. The molecule has 0 saturated carbocycles. The summed E-state index contributed by atoms with van der Waals surface area (Å²) in [6.07, 6.45) is 0.403. The van der Waals surface area contributed by atoms with Crippen LogP contribution in [0.3, 0.4) is 0 Å². The first-order valence-corrected chi connectivity index (χ1v) is 8.56. The second-order valence-corrected chi connectivity index (χ2v) is 7.34. The number of carbonyl (C=O) groups excluding carboxylic acids is 2. The summed E-state index contributed by atoms with van der Waals surface area (Å²) in [5.74, 6) is -0.119. The minimum atomic E-state index is -0.580. The fourth-order valence-corrected chi connectivity index (χ4v) is 2.66. The number of carbonyl (C=O) groups is 2. The van der Waals surface area contributed by atoms with Crippen LogP contribution in [0.1, 0.15) is 34.1 Å². The zero-order valence-corrected chi connectivity index (χ0v) is 16.1. The molecule has 1 rings (SSSR count). The Morgan fingerprint density at radius 2 is 1.79 bits per heavy atom. The Balaban J connectivity index is 2.82. The van der Waals surface area contributed by atoms with Crippen molar-refractivity contribution in [2.24, 2.45) is 11.8 Å². The van der Waals surface area contributed by atoms with Gasteiger partial charge >= 0.3 is 0 Å². The van der Waals surface area contributed by atoms with E-state index in [2.05, 4.69) is 10.6 Å². The molecule has 134 valence electrons. The van der Waals surface area contributed by atoms with E-state index in [1.807, 2.05) is 52.8 Å². The third kappa shape index (κ3) is 6.04. The molecule has 0 aliphatic carbocycles. The third-order valence-corrected chi connectivity index (χ3v) is 3.86. The van der Waals surface area contributed by atoms with Crippen LogP contribution in [0, 0.1) is 11.8 Å². The maximum Gasteiger partial charge on any atom is 0.247 e. The SMILES string of the molecule is CC(C)CC(=O)NC(C(=O)Nc1ccc(N(C)C)c(Cl)c1)C(C)C. The van der Waals surface area contributed by atoms with Gasteiger partial charge in [0.05, 0.1) is 10.7 Å². The number of anilines is 2. The number of hydrogen-bond donors (Lipinski definition) is 2. The summed E-state index contributed by atoms with van der Waals surface area (Å²) in [4.78, 5) is 26.4. The summed E-state index contributed by atoms with van der Waals surface area (Å²) >= 11 is 6.23. The molecular weight excluding hydrogens is 326 g/mol. The molecule has 6 heteroatoms. The highest BCUT2D eigenvalue weighted by Gasteiger charge is 2.24. The number of nitrogens with one attached hydrogen (secondary N) is 2. The molecular formula is C18H28ClN3O2. The Morgan fingerprint density at radius 1 is 1.17 bits per heavy atom. The maximum absolute atomic E-state index is 12.5. The number of nitrogens with zero attached hydrogens (tertiary/aromatic N) is 1. The van der Waals surface area contributed by atoms with E-state index in [1.165, 1.54) is 0 Å². The van der Waals surface area contributed by atoms with Gasteiger partial charge in [-0.25, -0.2) is 0 Å². The van der Waals surface area contributed by atoms with Crippen molar-refractivity contribution in [3.05, 3.63) is 23.2 Å². The van der Waals surface area contributed by atoms with E-state index in [1.54, 1.807) is 12.1 Å². The van der Waals surface area contributed by atoms with E-state index in [4.69, 9.17) is 11.6 Å². The third-order valence-electron chi connectivity index (χ3n) is 3.56. The van der Waals surface area contributed by atoms with Crippen molar-refractivity contribution in [3.8, 4) is 0 Å². The van der Waals surface area contributed by atoms with E-state index in [0.717, 1.165) is 5.69 Å². The smallest absolute Gasteiger partial charge is 0.247 e. The Bertz CT molecular complexity index is 586. The summed E-state index contributed by atoms with van der Waals surface area (Å²) in [6, 6.07) is 4.78. The van der Waals surface area contributed by atoms with Crippen molar-refractivity contribution < 1.29 is 9.59 Å². The first-order valence-electron chi connectivity index (χ1n) is 8.19. The van der Waals surface area contributed by atoms with Crippen LogP contribution in [-0.2, 0) is 9.59 Å². The molecule has 0 bridgehead atoms. The molecule has 2 amide bonds. The molecule has 24 heavy (non-hydrogen) atoms. The highest BCUT2D eigenvalue weighted by molar-refractivity contribution is 6.33. The molecule has 0 radical (unpaired) electrons. The summed E-state index contributed by atoms with van der Waals surface area (Å²) in [7, 11) is 3.80. The number of rotatable bonds is 7. The van der Waals surface area contributed by atoms with Gasteiger partial charge in [-0.15, -0.1) is 0 Å². The number of benzene rings is 1. The van der Waals surface area contributed by atoms with Crippen LogP contribution >= 0.6 is 11.6 Å². The highest BCUT2D eigenvalue weighted by Crippen LogP contribution is 2.27. The van der Waals surface area contributed by atoms with Crippen molar-refractivity contribution in [1.29, 1.82) is 0 Å². The normalized spacial score (nSPS) is 12.2. The lowest BCUT2D eigenvalue weighted by Gasteiger charge is -2.22. The highest BCUT2D eigenvalue weighted by atomic mass is 35.5. The average molecular weight is 354 g/mol. The molecule has 1 aromatic rings. The number of hydrogen-bond acceptors (Lipinski definition) is 3. The quantitative estimate of drug-likeness (QED) is 0.788. The molecule has 2 N–H and O–H groups in total. The molecule has 0 fully saturated rings. The fraction of sp³-hybridized carbons (Fsp3) is 0.556. The average Bonchev–Trinajstić information content (AvgIpc) is 2.43. The van der Waals surface area contributed by atoms with Crippen LogP contribution in [0.2, 0.25) is 5.02 Å². The Morgan fingerprint density at radius 3 is 2.25 bits per heavy atom. The summed E-state index contributed by atoms with van der Waals surface area (Å²) < 4.78 is 0. The van der Waals surface area contributed by atoms with Crippen LogP contribution in [0.15, 0.2) is 18.2 Å². The van der Waals surface area contributed by atoms with E-state index < -0.39 is 6.04 Å². The van der Waals surface area contributed by atoms with Gasteiger partial charge in [-0.3, -0.25) is 9.59 Å². The first kappa shape index (κ1) is 20.3. The Labute approximate surface area is 149 Å². The van der Waals surface area contributed by atoms with Crippen molar-refractivity contribution in [2.75, 3.05) is 24.3 Å². The minimum absolute atomic E-state index is 0.0161. The van der Waals surface area contributed by atoms with E-state index in [9.17, 15) is 9.59 Å². The van der Waals surface area contributed by atoms with E-state index in [0.29, 0.717) is 17.1 Å². The van der Waals surface area contributed by atoms with Crippen molar-refractivity contribution in [3.63, 3.8) is 0 Å². The van der Waals surface area contributed by atoms with Gasteiger partial charge < -0.3 is 15.5 Å². The molecule has 1 aromatic carbocycles. The van der Waals surface area contributed by atoms with E-state index >= 15 is 0 Å². The predicted molar refractivity (Wildman–Crippen MR) is 101 cm³/mol. The van der Waals surface area contributed by atoms with Gasteiger partial charge in [-0.1, -0.05) is 39.3 Å². The minimum Gasteiger partial charge on any atom is -0.376 e. The topological polar surface area (TPSA) is 61.4 Å². The molecule has 0 aromatic heterocycles. The second kappa shape index (κ2) is 8.92. The van der Waals surface area contributed by atoms with Crippen molar-refractivity contribution in [2.45, 2.75) is 40.2 Å². The molecule has 1 unspecified atom stereocenters.